The third-order valence-corrected chi connectivity index (χ3v) is 3.99. The molecule has 4 heteroatoms. The van der Waals surface area contributed by atoms with Crippen molar-refractivity contribution in [3.05, 3.63) is 45.9 Å². The minimum Gasteiger partial charge on any atom is -0.484 e. The molecule has 2 unspecified atom stereocenters. The smallest absolute Gasteiger partial charge is 0.143 e. The molecule has 1 aliphatic heterocycles. The van der Waals surface area contributed by atoms with Gasteiger partial charge < -0.3 is 10.1 Å². The van der Waals surface area contributed by atoms with Crippen LogP contribution in [-0.4, -0.2) is 12.0 Å². The summed E-state index contributed by atoms with van der Waals surface area (Å²) in [5.41, 5.74) is 5.41. The van der Waals surface area contributed by atoms with Crippen LogP contribution in [0.15, 0.2) is 29.1 Å². The SMILES string of the molecule is CNC1CC(c2cscn2)Oc2ccc(C)cc21. The molecule has 0 fully saturated rings. The maximum absolute atomic E-state index is 6.07. The number of thiazole rings is 1. The van der Waals surface area contributed by atoms with E-state index in [9.17, 15) is 0 Å². The molecular weight excluding hydrogens is 244 g/mol. The molecule has 1 aromatic heterocycles. The van der Waals surface area contributed by atoms with E-state index in [2.05, 4.69) is 40.8 Å². The molecule has 0 spiro atoms. The van der Waals surface area contributed by atoms with Crippen molar-refractivity contribution in [2.24, 2.45) is 0 Å². The summed E-state index contributed by atoms with van der Waals surface area (Å²) >= 11 is 1.61. The summed E-state index contributed by atoms with van der Waals surface area (Å²) in [5, 5.41) is 5.44. The number of benzene rings is 1. The van der Waals surface area contributed by atoms with Crippen molar-refractivity contribution in [2.45, 2.75) is 25.5 Å². The van der Waals surface area contributed by atoms with Gasteiger partial charge >= 0.3 is 0 Å². The third-order valence-electron chi connectivity index (χ3n) is 3.39. The standard InChI is InChI=1S/C14H16N2OS/c1-9-3-4-13-10(5-9)11(15-2)6-14(17-13)12-7-18-8-16-12/h3-5,7-8,11,14-15H,6H2,1-2H3. The molecule has 18 heavy (non-hydrogen) atoms. The Kier molecular flexibility index (Phi) is 3.06. The molecule has 1 aromatic carbocycles. The summed E-state index contributed by atoms with van der Waals surface area (Å²) in [7, 11) is 2.00. The maximum atomic E-state index is 6.07. The fourth-order valence-corrected chi connectivity index (χ4v) is 3.02. The molecule has 0 bridgehead atoms. The number of fused-ring (bicyclic) bond motifs is 1. The van der Waals surface area contributed by atoms with Crippen LogP contribution in [0.2, 0.25) is 0 Å². The largest absolute Gasteiger partial charge is 0.484 e. The van der Waals surface area contributed by atoms with Crippen molar-refractivity contribution in [1.82, 2.24) is 10.3 Å². The van der Waals surface area contributed by atoms with Gasteiger partial charge in [-0.3, -0.25) is 0 Å². The van der Waals surface area contributed by atoms with E-state index in [0.29, 0.717) is 6.04 Å². The number of nitrogens with one attached hydrogen (secondary N) is 1. The van der Waals surface area contributed by atoms with Crippen LogP contribution in [-0.2, 0) is 0 Å². The van der Waals surface area contributed by atoms with Crippen molar-refractivity contribution in [3.8, 4) is 5.75 Å². The van der Waals surface area contributed by atoms with Crippen molar-refractivity contribution < 1.29 is 4.74 Å². The van der Waals surface area contributed by atoms with Gasteiger partial charge in [-0.05, 0) is 20.0 Å². The molecule has 0 saturated heterocycles. The quantitative estimate of drug-likeness (QED) is 0.900. The zero-order valence-electron chi connectivity index (χ0n) is 10.5. The number of hydrogen-bond donors (Lipinski definition) is 1. The highest BCUT2D eigenvalue weighted by atomic mass is 32.1. The lowest BCUT2D eigenvalue weighted by molar-refractivity contribution is 0.150. The van der Waals surface area contributed by atoms with E-state index in [4.69, 9.17) is 4.74 Å². The van der Waals surface area contributed by atoms with E-state index < -0.39 is 0 Å². The number of rotatable bonds is 2. The summed E-state index contributed by atoms with van der Waals surface area (Å²) < 4.78 is 6.07. The summed E-state index contributed by atoms with van der Waals surface area (Å²) in [4.78, 5) is 4.36. The number of ether oxygens (including phenoxy) is 1. The van der Waals surface area contributed by atoms with E-state index in [1.165, 1.54) is 11.1 Å². The molecule has 0 aliphatic carbocycles. The molecule has 0 amide bonds. The summed E-state index contributed by atoms with van der Waals surface area (Å²) in [5.74, 6) is 0.976. The van der Waals surface area contributed by atoms with Gasteiger partial charge in [-0.1, -0.05) is 17.7 Å². The van der Waals surface area contributed by atoms with Gasteiger partial charge in [0, 0.05) is 23.4 Å². The topological polar surface area (TPSA) is 34.2 Å². The van der Waals surface area contributed by atoms with E-state index in [0.717, 1.165) is 17.9 Å². The van der Waals surface area contributed by atoms with Crippen LogP contribution in [0.1, 0.15) is 35.4 Å². The number of aromatic nitrogens is 1. The van der Waals surface area contributed by atoms with Gasteiger partial charge in [0.05, 0.1) is 11.2 Å². The number of nitrogens with zero attached hydrogens (tertiary/aromatic N) is 1. The van der Waals surface area contributed by atoms with E-state index >= 15 is 0 Å². The Morgan fingerprint density at radius 2 is 2.33 bits per heavy atom. The second kappa shape index (κ2) is 4.71. The van der Waals surface area contributed by atoms with Crippen LogP contribution in [0.3, 0.4) is 0 Å². The molecule has 1 N–H and O–H groups in total. The Balaban J connectivity index is 1.97. The normalized spacial score (nSPS) is 22.3. The van der Waals surface area contributed by atoms with Crippen LogP contribution in [0.5, 0.6) is 5.75 Å². The van der Waals surface area contributed by atoms with E-state index in [1.54, 1.807) is 11.3 Å². The average Bonchev–Trinajstić information content (AvgIpc) is 2.91. The first-order valence-corrected chi connectivity index (χ1v) is 7.05. The lowest BCUT2D eigenvalue weighted by Gasteiger charge is -2.31. The Morgan fingerprint density at radius 1 is 1.44 bits per heavy atom. The Hall–Kier alpha value is -1.39. The van der Waals surface area contributed by atoms with Crippen LogP contribution in [0.4, 0.5) is 0 Å². The fraction of sp³-hybridized carbons (Fsp3) is 0.357. The van der Waals surface area contributed by atoms with Crippen LogP contribution in [0, 0.1) is 6.92 Å². The highest BCUT2D eigenvalue weighted by Crippen LogP contribution is 2.40. The average molecular weight is 260 g/mol. The maximum Gasteiger partial charge on any atom is 0.143 e. The van der Waals surface area contributed by atoms with Crippen LogP contribution >= 0.6 is 11.3 Å². The number of aryl methyl sites for hydroxylation is 1. The van der Waals surface area contributed by atoms with Gasteiger partial charge in [0.1, 0.15) is 11.9 Å². The first kappa shape index (κ1) is 11.7. The monoisotopic (exact) mass is 260 g/mol. The Morgan fingerprint density at radius 3 is 3.06 bits per heavy atom. The Labute approximate surface area is 111 Å². The van der Waals surface area contributed by atoms with Gasteiger partial charge in [0.2, 0.25) is 0 Å². The first-order chi connectivity index (χ1) is 8.78. The molecule has 2 aromatic rings. The molecule has 94 valence electrons. The predicted octanol–water partition coefficient (Wildman–Crippen LogP) is 3.24. The summed E-state index contributed by atoms with van der Waals surface area (Å²) in [6.07, 6.45) is 0.986. The summed E-state index contributed by atoms with van der Waals surface area (Å²) in [6.45, 7) is 2.11. The summed E-state index contributed by atoms with van der Waals surface area (Å²) in [6, 6.07) is 6.69. The van der Waals surface area contributed by atoms with Crippen molar-refractivity contribution in [1.29, 1.82) is 0 Å². The fourth-order valence-electron chi connectivity index (χ4n) is 2.43. The van der Waals surface area contributed by atoms with Gasteiger partial charge in [0.15, 0.2) is 0 Å². The highest BCUT2D eigenvalue weighted by molar-refractivity contribution is 7.07. The molecule has 0 radical (unpaired) electrons. The molecule has 2 atom stereocenters. The number of hydrogen-bond acceptors (Lipinski definition) is 4. The molecule has 3 rings (SSSR count). The molecule has 3 nitrogen and oxygen atoms in total. The van der Waals surface area contributed by atoms with Gasteiger partial charge in [-0.15, -0.1) is 11.3 Å². The molecule has 2 heterocycles. The van der Waals surface area contributed by atoms with Gasteiger partial charge in [-0.25, -0.2) is 4.98 Å². The zero-order valence-corrected chi connectivity index (χ0v) is 11.3. The van der Waals surface area contributed by atoms with Crippen molar-refractivity contribution in [2.75, 3.05) is 7.05 Å². The first-order valence-electron chi connectivity index (χ1n) is 6.10. The second-order valence-corrected chi connectivity index (χ2v) is 5.36. The van der Waals surface area contributed by atoms with Crippen LogP contribution in [0.25, 0.3) is 0 Å². The van der Waals surface area contributed by atoms with Crippen molar-refractivity contribution >= 4 is 11.3 Å². The highest BCUT2D eigenvalue weighted by Gasteiger charge is 2.29. The molecular formula is C14H16N2OS. The molecule has 0 saturated carbocycles. The zero-order chi connectivity index (χ0) is 12.5. The molecule has 1 aliphatic rings. The minimum atomic E-state index is 0.0592. The lowest BCUT2D eigenvalue weighted by atomic mass is 9.94. The lowest BCUT2D eigenvalue weighted by Crippen LogP contribution is -2.27. The van der Waals surface area contributed by atoms with E-state index in [1.807, 2.05) is 12.6 Å². The third kappa shape index (κ3) is 2.02. The van der Waals surface area contributed by atoms with Crippen molar-refractivity contribution in [3.63, 3.8) is 0 Å². The predicted molar refractivity (Wildman–Crippen MR) is 73.1 cm³/mol. The van der Waals surface area contributed by atoms with Gasteiger partial charge in [-0.2, -0.15) is 0 Å². The van der Waals surface area contributed by atoms with Crippen LogP contribution < -0.4 is 10.1 Å². The Bertz CT molecular complexity index is 539. The minimum absolute atomic E-state index is 0.0592. The second-order valence-electron chi connectivity index (χ2n) is 4.64. The van der Waals surface area contributed by atoms with E-state index in [-0.39, 0.29) is 6.10 Å². The van der Waals surface area contributed by atoms with Gasteiger partial charge in [0.25, 0.3) is 0 Å².